The van der Waals surface area contributed by atoms with Crippen LogP contribution in [0.15, 0.2) is 58.2 Å². The highest BCUT2D eigenvalue weighted by Crippen LogP contribution is 2.39. The molecule has 0 atom stereocenters. The molecule has 0 spiro atoms. The molecule has 0 radical (unpaired) electrons. The van der Waals surface area contributed by atoms with Crippen LogP contribution in [0.1, 0.15) is 17.0 Å². The molecule has 2 heterocycles. The molecule has 4 rings (SSSR count). The second-order valence-electron chi connectivity index (χ2n) is 6.28. The molecule has 0 aliphatic rings. The number of benzene rings is 2. The van der Waals surface area contributed by atoms with Crippen molar-refractivity contribution in [3.05, 3.63) is 65.5 Å². The van der Waals surface area contributed by atoms with Gasteiger partial charge in [-0.15, -0.1) is 0 Å². The summed E-state index contributed by atoms with van der Waals surface area (Å²) < 4.78 is 7.37. The molecule has 0 saturated carbocycles. The number of nitrogens with zero attached hydrogens (tertiary/aromatic N) is 3. The molecule has 0 fully saturated rings. The van der Waals surface area contributed by atoms with Crippen molar-refractivity contribution in [2.45, 2.75) is 13.8 Å². The molecule has 4 N–H and O–H groups in total. The van der Waals surface area contributed by atoms with Crippen molar-refractivity contribution in [2.24, 2.45) is 10.9 Å². The van der Waals surface area contributed by atoms with Crippen molar-refractivity contribution in [3.8, 4) is 22.7 Å². The minimum Gasteiger partial charge on any atom is -0.508 e. The zero-order valence-electron chi connectivity index (χ0n) is 14.8. The third-order valence-corrected chi connectivity index (χ3v) is 4.62. The molecule has 4 aromatic rings. The van der Waals surface area contributed by atoms with Crippen LogP contribution in [0.25, 0.3) is 27.8 Å². The zero-order chi connectivity index (χ0) is 19.1. The summed E-state index contributed by atoms with van der Waals surface area (Å²) in [5.74, 6) is 0.798. The second-order valence-corrected chi connectivity index (χ2v) is 6.28. The molecule has 0 bridgehead atoms. The Kier molecular flexibility index (Phi) is 3.84. The number of amidine groups is 1. The van der Waals surface area contributed by atoms with Crippen LogP contribution < -0.4 is 5.73 Å². The zero-order valence-corrected chi connectivity index (χ0v) is 14.8. The molecule has 2 aromatic heterocycles. The number of rotatable bonds is 3. The maximum Gasteiger partial charge on any atom is 0.172 e. The van der Waals surface area contributed by atoms with E-state index in [-0.39, 0.29) is 11.6 Å². The molecule has 0 saturated heterocycles. The van der Waals surface area contributed by atoms with Gasteiger partial charge < -0.3 is 25.1 Å². The van der Waals surface area contributed by atoms with E-state index in [9.17, 15) is 10.3 Å². The van der Waals surface area contributed by atoms with Crippen molar-refractivity contribution in [1.29, 1.82) is 0 Å². The fraction of sp³-hybridized carbons (Fsp3) is 0.100. The number of aryl methyl sites for hydroxylation is 2. The van der Waals surface area contributed by atoms with Crippen LogP contribution in [0.4, 0.5) is 0 Å². The molecular weight excluding hydrogens is 344 g/mol. The number of phenols is 1. The largest absolute Gasteiger partial charge is 0.508 e. The maximum atomic E-state index is 9.68. The number of fused-ring (bicyclic) bond motifs is 1. The first-order chi connectivity index (χ1) is 13.0. The van der Waals surface area contributed by atoms with Gasteiger partial charge in [-0.3, -0.25) is 0 Å². The summed E-state index contributed by atoms with van der Waals surface area (Å²) in [7, 11) is 0. The summed E-state index contributed by atoms with van der Waals surface area (Å²) in [6.07, 6.45) is 0. The Morgan fingerprint density at radius 1 is 1.11 bits per heavy atom. The van der Waals surface area contributed by atoms with Crippen molar-refractivity contribution < 1.29 is 14.8 Å². The summed E-state index contributed by atoms with van der Waals surface area (Å²) in [6.45, 7) is 3.67. The Morgan fingerprint density at radius 3 is 2.44 bits per heavy atom. The number of hydrogen-bond donors (Lipinski definition) is 3. The van der Waals surface area contributed by atoms with Crippen LogP contribution >= 0.6 is 0 Å². The number of aromatic nitrogens is 2. The smallest absolute Gasteiger partial charge is 0.172 e. The van der Waals surface area contributed by atoms with Crippen molar-refractivity contribution in [2.75, 3.05) is 0 Å². The lowest BCUT2D eigenvalue weighted by atomic mass is 10.0. The molecule has 136 valence electrons. The summed E-state index contributed by atoms with van der Waals surface area (Å²) in [5.41, 5.74) is 10.6. The standard InChI is InChI=1S/C20H18N4O3/c1-11-17(12(2)27-23-11)19-18(20(21)22-26)15-5-3-4-6-16(15)24(19)13-7-9-14(25)10-8-13/h3-10,25-26H,1-2H3,(H2,21,22). The Morgan fingerprint density at radius 2 is 1.81 bits per heavy atom. The highest BCUT2D eigenvalue weighted by molar-refractivity contribution is 6.15. The average Bonchev–Trinajstić information content (AvgIpc) is 3.18. The first kappa shape index (κ1) is 16.7. The van der Waals surface area contributed by atoms with Crippen molar-refractivity contribution in [1.82, 2.24) is 9.72 Å². The lowest BCUT2D eigenvalue weighted by Gasteiger charge is -2.12. The summed E-state index contributed by atoms with van der Waals surface area (Å²) in [4.78, 5) is 0. The minimum atomic E-state index is -0.00118. The van der Waals surface area contributed by atoms with E-state index in [4.69, 9.17) is 10.3 Å². The van der Waals surface area contributed by atoms with E-state index in [2.05, 4.69) is 10.3 Å². The highest BCUT2D eigenvalue weighted by Gasteiger charge is 2.26. The first-order valence-electron chi connectivity index (χ1n) is 8.37. The van der Waals surface area contributed by atoms with Gasteiger partial charge in [-0.05, 0) is 44.2 Å². The summed E-state index contributed by atoms with van der Waals surface area (Å²) in [5, 5.41) is 27.2. The van der Waals surface area contributed by atoms with Gasteiger partial charge in [0.1, 0.15) is 11.5 Å². The van der Waals surface area contributed by atoms with E-state index in [0.29, 0.717) is 22.7 Å². The van der Waals surface area contributed by atoms with Crippen LogP contribution in [-0.2, 0) is 0 Å². The predicted molar refractivity (Wildman–Crippen MR) is 102 cm³/mol. The molecule has 0 aliphatic heterocycles. The van der Waals surface area contributed by atoms with Gasteiger partial charge in [-0.25, -0.2) is 0 Å². The van der Waals surface area contributed by atoms with Gasteiger partial charge in [0.15, 0.2) is 5.84 Å². The van der Waals surface area contributed by atoms with Gasteiger partial charge in [0.25, 0.3) is 0 Å². The highest BCUT2D eigenvalue weighted by atomic mass is 16.5. The maximum absolute atomic E-state index is 9.68. The van der Waals surface area contributed by atoms with Gasteiger partial charge in [0.2, 0.25) is 0 Å². The normalized spacial score (nSPS) is 12.0. The van der Waals surface area contributed by atoms with E-state index >= 15 is 0 Å². The summed E-state index contributed by atoms with van der Waals surface area (Å²) >= 11 is 0. The average molecular weight is 362 g/mol. The quantitative estimate of drug-likeness (QED) is 0.223. The Bertz CT molecular complexity index is 1150. The molecule has 27 heavy (non-hydrogen) atoms. The molecule has 0 amide bonds. The number of aromatic hydroxyl groups is 1. The number of para-hydroxylation sites is 1. The van der Waals surface area contributed by atoms with Crippen LogP contribution in [0.5, 0.6) is 5.75 Å². The third-order valence-electron chi connectivity index (χ3n) is 4.62. The molecular formula is C20H18N4O3. The van der Waals surface area contributed by atoms with Gasteiger partial charge >= 0.3 is 0 Å². The monoisotopic (exact) mass is 362 g/mol. The van der Waals surface area contributed by atoms with Crippen LogP contribution in [0.2, 0.25) is 0 Å². The van der Waals surface area contributed by atoms with Crippen molar-refractivity contribution in [3.63, 3.8) is 0 Å². The van der Waals surface area contributed by atoms with E-state index in [1.165, 1.54) is 0 Å². The summed E-state index contributed by atoms with van der Waals surface area (Å²) in [6, 6.07) is 14.5. The van der Waals surface area contributed by atoms with Gasteiger partial charge in [-0.1, -0.05) is 28.5 Å². The second kappa shape index (κ2) is 6.21. The number of oxime groups is 1. The first-order valence-corrected chi connectivity index (χ1v) is 8.37. The fourth-order valence-electron chi connectivity index (χ4n) is 3.48. The molecule has 7 heteroatoms. The lowest BCUT2D eigenvalue weighted by Crippen LogP contribution is -2.14. The lowest BCUT2D eigenvalue weighted by molar-refractivity contribution is 0.318. The van der Waals surface area contributed by atoms with Gasteiger partial charge in [0.05, 0.1) is 28.0 Å². The van der Waals surface area contributed by atoms with E-state index < -0.39 is 0 Å². The van der Waals surface area contributed by atoms with E-state index in [0.717, 1.165) is 22.2 Å². The molecule has 2 aromatic carbocycles. The van der Waals surface area contributed by atoms with Gasteiger partial charge in [0, 0.05) is 11.1 Å². The molecule has 0 unspecified atom stereocenters. The third kappa shape index (κ3) is 2.52. The minimum absolute atomic E-state index is 0.00118. The predicted octanol–water partition coefficient (Wildman–Crippen LogP) is 3.70. The SMILES string of the molecule is Cc1noc(C)c1-c1c(/C(N)=N\O)c2ccccc2n1-c1ccc(O)cc1. The van der Waals surface area contributed by atoms with Crippen LogP contribution in [-0.4, -0.2) is 25.9 Å². The van der Waals surface area contributed by atoms with Gasteiger partial charge in [-0.2, -0.15) is 0 Å². The number of hydrogen-bond acceptors (Lipinski definition) is 5. The van der Waals surface area contributed by atoms with Crippen molar-refractivity contribution >= 4 is 16.7 Å². The Hall–Kier alpha value is -3.74. The Balaban J connectivity index is 2.22. The Labute approximate surface area is 154 Å². The van der Waals surface area contributed by atoms with E-state index in [1.807, 2.05) is 42.7 Å². The molecule has 7 nitrogen and oxygen atoms in total. The van der Waals surface area contributed by atoms with E-state index in [1.54, 1.807) is 24.3 Å². The number of nitrogens with two attached hydrogens (primary N) is 1. The van der Waals surface area contributed by atoms with Crippen LogP contribution in [0.3, 0.4) is 0 Å². The molecule has 0 aliphatic carbocycles. The fourth-order valence-corrected chi connectivity index (χ4v) is 3.48. The van der Waals surface area contributed by atoms with Crippen LogP contribution in [0, 0.1) is 13.8 Å². The number of phenolic OH excluding ortho intramolecular Hbond substituents is 1. The topological polar surface area (TPSA) is 110 Å².